The molecule has 0 spiro atoms. The predicted molar refractivity (Wildman–Crippen MR) is 97.7 cm³/mol. The van der Waals surface area contributed by atoms with Gasteiger partial charge in [0, 0.05) is 11.5 Å². The first-order valence-corrected chi connectivity index (χ1v) is 9.03. The molecule has 0 aliphatic carbocycles. The molecule has 3 N–H and O–H groups in total. The maximum absolute atomic E-state index is 10.7. The number of aliphatic hydroxyl groups excluding tert-OH is 3. The smallest absolute Gasteiger partial charge is 0.330 e. The number of esters is 1. The van der Waals surface area contributed by atoms with E-state index in [9.17, 15) is 4.79 Å². The predicted octanol–water partition coefficient (Wildman–Crippen LogP) is 3.07. The van der Waals surface area contributed by atoms with Gasteiger partial charge in [-0.05, 0) is 18.8 Å². The SMILES string of the molecule is C=CC(=O)OCCCCCCCC(C)C.CCC(CO)(CO)CO. The van der Waals surface area contributed by atoms with Gasteiger partial charge in [0.25, 0.3) is 0 Å². The minimum atomic E-state index is -0.667. The van der Waals surface area contributed by atoms with E-state index in [2.05, 4.69) is 20.4 Å². The Hall–Kier alpha value is -0.910. The third kappa shape index (κ3) is 14.7. The second kappa shape index (κ2) is 16.9. The van der Waals surface area contributed by atoms with Crippen molar-refractivity contribution in [1.29, 1.82) is 0 Å². The van der Waals surface area contributed by atoms with E-state index in [1.54, 1.807) is 0 Å². The topological polar surface area (TPSA) is 87.0 Å². The zero-order valence-corrected chi connectivity index (χ0v) is 15.8. The highest BCUT2D eigenvalue weighted by molar-refractivity contribution is 5.81. The second-order valence-electron chi connectivity index (χ2n) is 6.65. The van der Waals surface area contributed by atoms with Crippen LogP contribution in [0.15, 0.2) is 12.7 Å². The molecular weight excluding hydrogens is 308 g/mol. The van der Waals surface area contributed by atoms with Gasteiger partial charge in [-0.2, -0.15) is 0 Å². The summed E-state index contributed by atoms with van der Waals surface area (Å²) in [5.41, 5.74) is -0.667. The van der Waals surface area contributed by atoms with Crippen LogP contribution in [0.1, 0.15) is 65.7 Å². The first-order valence-electron chi connectivity index (χ1n) is 9.03. The minimum Gasteiger partial charge on any atom is -0.463 e. The summed E-state index contributed by atoms with van der Waals surface area (Å²) in [6.07, 6.45) is 9.13. The molecule has 5 nitrogen and oxygen atoms in total. The highest BCUT2D eigenvalue weighted by Gasteiger charge is 2.24. The van der Waals surface area contributed by atoms with Crippen molar-refractivity contribution >= 4 is 5.97 Å². The van der Waals surface area contributed by atoms with Crippen LogP contribution in [0.25, 0.3) is 0 Å². The Kier molecular flexibility index (Phi) is 17.9. The van der Waals surface area contributed by atoms with Crippen molar-refractivity contribution in [3.05, 3.63) is 12.7 Å². The number of rotatable bonds is 13. The number of hydrogen-bond acceptors (Lipinski definition) is 5. The van der Waals surface area contributed by atoms with Crippen molar-refractivity contribution in [3.63, 3.8) is 0 Å². The normalized spacial score (nSPS) is 11.0. The van der Waals surface area contributed by atoms with E-state index in [1.165, 1.54) is 31.8 Å². The van der Waals surface area contributed by atoms with E-state index < -0.39 is 5.41 Å². The van der Waals surface area contributed by atoms with E-state index in [4.69, 9.17) is 20.1 Å². The van der Waals surface area contributed by atoms with Crippen molar-refractivity contribution in [2.45, 2.75) is 65.7 Å². The Morgan fingerprint density at radius 2 is 1.54 bits per heavy atom. The number of ether oxygens (including phenoxy) is 1. The number of carbonyl (C=O) groups is 1. The molecule has 0 amide bonds. The third-order valence-corrected chi connectivity index (χ3v) is 4.09. The standard InChI is InChI=1S/C13H24O2.C6H14O3/c1-4-13(14)15-11-9-7-5-6-8-10-12(2)3;1-2-6(3-7,4-8)5-9/h4,12H,1,5-11H2,2-3H3;7-9H,2-5H2,1H3. The Morgan fingerprint density at radius 3 is 1.92 bits per heavy atom. The van der Waals surface area contributed by atoms with Crippen molar-refractivity contribution in [2.75, 3.05) is 26.4 Å². The summed E-state index contributed by atoms with van der Waals surface area (Å²) in [6, 6.07) is 0. The molecule has 0 saturated carbocycles. The van der Waals surface area contributed by atoms with Crippen molar-refractivity contribution < 1.29 is 24.9 Å². The molecule has 0 aliphatic heterocycles. The van der Waals surface area contributed by atoms with E-state index in [1.807, 2.05) is 6.92 Å². The first kappa shape index (κ1) is 25.3. The second-order valence-corrected chi connectivity index (χ2v) is 6.65. The van der Waals surface area contributed by atoms with Crippen LogP contribution in [0.3, 0.4) is 0 Å². The Bertz CT molecular complexity index is 281. The molecule has 144 valence electrons. The van der Waals surface area contributed by atoms with Crippen LogP contribution in [0.5, 0.6) is 0 Å². The van der Waals surface area contributed by atoms with Crippen LogP contribution in [0.4, 0.5) is 0 Å². The molecule has 0 atom stereocenters. The van der Waals surface area contributed by atoms with Gasteiger partial charge in [0.15, 0.2) is 0 Å². The lowest BCUT2D eigenvalue weighted by Gasteiger charge is -2.24. The Morgan fingerprint density at radius 1 is 1.04 bits per heavy atom. The molecule has 0 saturated heterocycles. The van der Waals surface area contributed by atoms with Gasteiger partial charge in [-0.1, -0.05) is 59.5 Å². The highest BCUT2D eigenvalue weighted by Crippen LogP contribution is 2.18. The van der Waals surface area contributed by atoms with Gasteiger partial charge in [-0.3, -0.25) is 0 Å². The quantitative estimate of drug-likeness (QED) is 0.271. The summed E-state index contributed by atoms with van der Waals surface area (Å²) in [4.78, 5) is 10.7. The summed E-state index contributed by atoms with van der Waals surface area (Å²) < 4.78 is 4.88. The molecular formula is C19H38O5. The monoisotopic (exact) mass is 346 g/mol. The molecule has 0 heterocycles. The molecule has 0 unspecified atom stereocenters. The van der Waals surface area contributed by atoms with Gasteiger partial charge in [0.1, 0.15) is 0 Å². The van der Waals surface area contributed by atoms with Gasteiger partial charge in [-0.25, -0.2) is 4.79 Å². The lowest BCUT2D eigenvalue weighted by Crippen LogP contribution is -2.32. The minimum absolute atomic E-state index is 0.156. The Balaban J connectivity index is 0. The van der Waals surface area contributed by atoms with Crippen LogP contribution in [-0.2, 0) is 9.53 Å². The zero-order chi connectivity index (χ0) is 18.8. The molecule has 0 aromatic rings. The van der Waals surface area contributed by atoms with E-state index in [-0.39, 0.29) is 25.8 Å². The van der Waals surface area contributed by atoms with E-state index >= 15 is 0 Å². The first-order chi connectivity index (χ1) is 11.4. The number of unbranched alkanes of at least 4 members (excludes halogenated alkanes) is 4. The van der Waals surface area contributed by atoms with Crippen molar-refractivity contribution in [2.24, 2.45) is 11.3 Å². The average molecular weight is 347 g/mol. The largest absolute Gasteiger partial charge is 0.463 e. The Labute approximate surface area is 147 Å². The molecule has 0 rings (SSSR count). The fourth-order valence-corrected chi connectivity index (χ4v) is 1.90. The fraction of sp³-hybridized carbons (Fsp3) is 0.842. The van der Waals surface area contributed by atoms with Crippen LogP contribution < -0.4 is 0 Å². The molecule has 0 fully saturated rings. The molecule has 5 heteroatoms. The molecule has 0 bridgehead atoms. The van der Waals surface area contributed by atoms with Gasteiger partial charge in [0.2, 0.25) is 0 Å². The van der Waals surface area contributed by atoms with Crippen molar-refractivity contribution in [1.82, 2.24) is 0 Å². The van der Waals surface area contributed by atoms with Crippen LogP contribution in [-0.4, -0.2) is 47.7 Å². The molecule has 0 aromatic heterocycles. The van der Waals surface area contributed by atoms with Crippen LogP contribution in [0.2, 0.25) is 0 Å². The molecule has 0 radical (unpaired) electrons. The summed E-state index contributed by atoms with van der Waals surface area (Å²) in [5, 5.41) is 26.0. The van der Waals surface area contributed by atoms with Gasteiger partial charge in [-0.15, -0.1) is 0 Å². The van der Waals surface area contributed by atoms with E-state index in [0.29, 0.717) is 13.0 Å². The number of aliphatic hydroxyl groups is 3. The van der Waals surface area contributed by atoms with Gasteiger partial charge >= 0.3 is 5.97 Å². The van der Waals surface area contributed by atoms with Crippen LogP contribution >= 0.6 is 0 Å². The summed E-state index contributed by atoms with van der Waals surface area (Å²) in [5.74, 6) is 0.508. The summed E-state index contributed by atoms with van der Waals surface area (Å²) >= 11 is 0. The van der Waals surface area contributed by atoms with Gasteiger partial charge in [0.05, 0.1) is 26.4 Å². The number of carbonyl (C=O) groups excluding carboxylic acids is 1. The van der Waals surface area contributed by atoms with Gasteiger partial charge < -0.3 is 20.1 Å². The summed E-state index contributed by atoms with van der Waals surface area (Å²) in [6.45, 7) is 9.75. The molecule has 0 aliphatic rings. The molecule has 24 heavy (non-hydrogen) atoms. The maximum atomic E-state index is 10.7. The maximum Gasteiger partial charge on any atom is 0.330 e. The highest BCUT2D eigenvalue weighted by atomic mass is 16.5. The third-order valence-electron chi connectivity index (χ3n) is 4.09. The van der Waals surface area contributed by atoms with Crippen molar-refractivity contribution in [3.8, 4) is 0 Å². The number of hydrogen-bond donors (Lipinski definition) is 3. The van der Waals surface area contributed by atoms with E-state index in [0.717, 1.165) is 18.8 Å². The average Bonchev–Trinajstić information content (AvgIpc) is 2.60. The lowest BCUT2D eigenvalue weighted by atomic mass is 9.88. The zero-order valence-electron chi connectivity index (χ0n) is 15.8. The fourth-order valence-electron chi connectivity index (χ4n) is 1.90. The molecule has 0 aromatic carbocycles. The summed E-state index contributed by atoms with van der Waals surface area (Å²) in [7, 11) is 0. The van der Waals surface area contributed by atoms with Crippen LogP contribution in [0, 0.1) is 11.3 Å². The lowest BCUT2D eigenvalue weighted by molar-refractivity contribution is -0.137.